The Hall–Kier alpha value is -1.66. The molecular weight excluding hydrogens is 291 g/mol. The van der Waals surface area contributed by atoms with Crippen molar-refractivity contribution in [2.75, 3.05) is 0 Å². The molecule has 0 amide bonds. The summed E-state index contributed by atoms with van der Waals surface area (Å²) in [5.74, 6) is -0.0205. The normalized spacial score (nSPS) is 13.6. The van der Waals surface area contributed by atoms with Gasteiger partial charge in [-0.05, 0) is 31.4 Å². The van der Waals surface area contributed by atoms with Gasteiger partial charge in [0, 0.05) is 22.1 Å². The summed E-state index contributed by atoms with van der Waals surface area (Å²) in [6.07, 6.45) is 0.851. The average Bonchev–Trinajstić information content (AvgIpc) is 2.53. The van der Waals surface area contributed by atoms with Crippen molar-refractivity contribution in [1.29, 1.82) is 0 Å². The van der Waals surface area contributed by atoms with Crippen LogP contribution in [0.5, 0.6) is 0 Å². The molecule has 0 fully saturated rings. The van der Waals surface area contributed by atoms with Crippen molar-refractivity contribution in [1.82, 2.24) is 0 Å². The maximum Gasteiger partial charge on any atom is 0.194 e. The van der Waals surface area contributed by atoms with Gasteiger partial charge >= 0.3 is 0 Å². The molecule has 0 N–H and O–H groups in total. The molecule has 0 saturated heterocycles. The van der Waals surface area contributed by atoms with Crippen molar-refractivity contribution in [2.45, 2.75) is 39.8 Å². The van der Waals surface area contributed by atoms with E-state index in [4.69, 9.17) is 0 Å². The molecule has 0 saturated carbocycles. The van der Waals surface area contributed by atoms with E-state index >= 15 is 0 Å². The van der Waals surface area contributed by atoms with Crippen molar-refractivity contribution in [2.24, 2.45) is 0 Å². The highest BCUT2D eigenvalue weighted by Gasteiger charge is 2.21. The van der Waals surface area contributed by atoms with Gasteiger partial charge in [-0.15, -0.1) is 0 Å². The van der Waals surface area contributed by atoms with Crippen LogP contribution < -0.4 is 5.30 Å². The SMILES string of the molecule is CCC(C)[PH](=O)c1ccccc1C(=O)c1c(C)cccc1C. The fraction of sp³-hybridized carbons (Fsp3) is 0.316. The second-order valence-corrected chi connectivity index (χ2v) is 8.07. The Bertz CT molecular complexity index is 699. The Balaban J connectivity index is 2.54. The van der Waals surface area contributed by atoms with Crippen molar-refractivity contribution in [3.05, 3.63) is 64.7 Å². The van der Waals surface area contributed by atoms with Crippen LogP contribution in [0.4, 0.5) is 0 Å². The molecule has 0 bridgehead atoms. The second kappa shape index (κ2) is 7.07. The van der Waals surface area contributed by atoms with Gasteiger partial charge in [-0.25, -0.2) is 0 Å². The van der Waals surface area contributed by atoms with Crippen LogP contribution in [-0.4, -0.2) is 11.4 Å². The highest BCUT2D eigenvalue weighted by atomic mass is 31.1. The molecule has 0 spiro atoms. The first-order chi connectivity index (χ1) is 10.5. The van der Waals surface area contributed by atoms with Gasteiger partial charge in [0.2, 0.25) is 0 Å². The van der Waals surface area contributed by atoms with E-state index in [0.717, 1.165) is 28.4 Å². The van der Waals surface area contributed by atoms with Crippen LogP contribution in [0, 0.1) is 13.8 Å². The Morgan fingerprint density at radius 1 is 1.05 bits per heavy atom. The topological polar surface area (TPSA) is 34.1 Å². The minimum Gasteiger partial charge on any atom is -0.322 e. The van der Waals surface area contributed by atoms with E-state index in [0.29, 0.717) is 5.56 Å². The van der Waals surface area contributed by atoms with Crippen LogP contribution in [0.2, 0.25) is 0 Å². The smallest absolute Gasteiger partial charge is 0.194 e. The molecule has 2 nitrogen and oxygen atoms in total. The molecule has 2 unspecified atom stereocenters. The van der Waals surface area contributed by atoms with E-state index in [1.165, 1.54) is 0 Å². The largest absolute Gasteiger partial charge is 0.322 e. The summed E-state index contributed by atoms with van der Waals surface area (Å²) in [5.41, 5.74) is 3.35. The summed E-state index contributed by atoms with van der Waals surface area (Å²) in [7, 11) is -1.97. The van der Waals surface area contributed by atoms with Crippen LogP contribution in [0.3, 0.4) is 0 Å². The molecule has 2 atom stereocenters. The number of ketones is 1. The standard InChI is InChI=1S/C19H23O2P/c1-5-15(4)22(21)17-12-7-6-11-16(17)19(20)18-13(2)9-8-10-14(18)3/h6-12,15,22H,5H2,1-4H3. The zero-order chi connectivity index (χ0) is 16.3. The molecule has 2 rings (SSSR count). The predicted octanol–water partition coefficient (Wildman–Crippen LogP) is 4.52. The van der Waals surface area contributed by atoms with E-state index in [1.54, 1.807) is 6.07 Å². The monoisotopic (exact) mass is 314 g/mol. The van der Waals surface area contributed by atoms with E-state index in [-0.39, 0.29) is 11.4 Å². The number of aryl methyl sites for hydroxylation is 2. The lowest BCUT2D eigenvalue weighted by atomic mass is 9.95. The summed E-state index contributed by atoms with van der Waals surface area (Å²) < 4.78 is 12.7. The van der Waals surface area contributed by atoms with Gasteiger partial charge in [0.1, 0.15) is 7.80 Å². The van der Waals surface area contributed by atoms with Gasteiger partial charge in [0.05, 0.1) is 0 Å². The predicted molar refractivity (Wildman–Crippen MR) is 94.2 cm³/mol. The van der Waals surface area contributed by atoms with E-state index in [2.05, 4.69) is 0 Å². The van der Waals surface area contributed by atoms with Crippen molar-refractivity contribution >= 4 is 18.9 Å². The molecule has 2 aromatic rings. The summed E-state index contributed by atoms with van der Waals surface area (Å²) in [6.45, 7) is 7.91. The first-order valence-corrected chi connectivity index (χ1v) is 9.20. The quantitative estimate of drug-likeness (QED) is 0.601. The zero-order valence-corrected chi connectivity index (χ0v) is 14.6. The number of carbonyl (C=O) groups excluding carboxylic acids is 1. The maximum atomic E-state index is 13.0. The number of carbonyl (C=O) groups is 1. The third-order valence-electron chi connectivity index (χ3n) is 4.21. The summed E-state index contributed by atoms with van der Waals surface area (Å²) in [5, 5.41) is 0.717. The van der Waals surface area contributed by atoms with Gasteiger partial charge in [-0.1, -0.05) is 56.3 Å². The van der Waals surface area contributed by atoms with Crippen LogP contribution in [-0.2, 0) is 4.57 Å². The Morgan fingerprint density at radius 2 is 1.64 bits per heavy atom. The van der Waals surface area contributed by atoms with Crippen molar-refractivity contribution < 1.29 is 9.36 Å². The lowest BCUT2D eigenvalue weighted by Gasteiger charge is -2.15. The number of hydrogen-bond donors (Lipinski definition) is 0. The number of benzene rings is 2. The Labute approximate surface area is 133 Å². The molecule has 0 radical (unpaired) electrons. The Morgan fingerprint density at radius 3 is 2.23 bits per heavy atom. The minimum atomic E-state index is -1.97. The van der Waals surface area contributed by atoms with Crippen molar-refractivity contribution in [3.8, 4) is 0 Å². The van der Waals surface area contributed by atoms with Crippen molar-refractivity contribution in [3.63, 3.8) is 0 Å². The van der Waals surface area contributed by atoms with Gasteiger partial charge in [0.15, 0.2) is 5.78 Å². The molecule has 116 valence electrons. The van der Waals surface area contributed by atoms with Gasteiger partial charge in [0.25, 0.3) is 0 Å². The molecule has 0 aromatic heterocycles. The van der Waals surface area contributed by atoms with Crippen LogP contribution in [0.1, 0.15) is 47.3 Å². The summed E-state index contributed by atoms with van der Waals surface area (Å²) >= 11 is 0. The number of hydrogen-bond acceptors (Lipinski definition) is 2. The molecule has 2 aromatic carbocycles. The molecule has 22 heavy (non-hydrogen) atoms. The zero-order valence-electron chi connectivity index (χ0n) is 13.6. The lowest BCUT2D eigenvalue weighted by molar-refractivity contribution is 0.103. The van der Waals surface area contributed by atoms with E-state index < -0.39 is 7.80 Å². The van der Waals surface area contributed by atoms with E-state index in [9.17, 15) is 9.36 Å². The van der Waals surface area contributed by atoms with Crippen LogP contribution in [0.25, 0.3) is 0 Å². The summed E-state index contributed by atoms with van der Waals surface area (Å²) in [6, 6.07) is 13.2. The molecule has 0 aliphatic rings. The maximum absolute atomic E-state index is 13.0. The highest BCUT2D eigenvalue weighted by Crippen LogP contribution is 2.31. The highest BCUT2D eigenvalue weighted by molar-refractivity contribution is 7.54. The average molecular weight is 314 g/mol. The van der Waals surface area contributed by atoms with Gasteiger partial charge < -0.3 is 4.57 Å². The fourth-order valence-corrected chi connectivity index (χ4v) is 4.28. The third kappa shape index (κ3) is 3.23. The molecule has 3 heteroatoms. The van der Waals surface area contributed by atoms with Gasteiger partial charge in [-0.3, -0.25) is 4.79 Å². The lowest BCUT2D eigenvalue weighted by Crippen LogP contribution is -2.17. The van der Waals surface area contributed by atoms with E-state index in [1.807, 2.05) is 64.1 Å². The second-order valence-electron chi connectivity index (χ2n) is 5.82. The first-order valence-electron chi connectivity index (χ1n) is 7.71. The van der Waals surface area contributed by atoms with Gasteiger partial charge in [-0.2, -0.15) is 0 Å². The van der Waals surface area contributed by atoms with Crippen LogP contribution in [0.15, 0.2) is 42.5 Å². The Kier molecular flexibility index (Phi) is 5.37. The third-order valence-corrected chi connectivity index (χ3v) is 6.48. The van der Waals surface area contributed by atoms with Crippen LogP contribution >= 0.6 is 7.80 Å². The fourth-order valence-electron chi connectivity index (χ4n) is 2.65. The molecule has 0 aliphatic heterocycles. The number of rotatable bonds is 5. The molecule has 0 heterocycles. The minimum absolute atomic E-state index is 0.0205. The first kappa shape index (κ1) is 16.7. The molecule has 0 aliphatic carbocycles. The summed E-state index contributed by atoms with van der Waals surface area (Å²) in [4.78, 5) is 13.0. The molecular formula is C19H23O2P.